The van der Waals surface area contributed by atoms with Crippen LogP contribution in [-0.2, 0) is 0 Å². The molecule has 0 aliphatic carbocycles. The molecule has 0 amide bonds. The summed E-state index contributed by atoms with van der Waals surface area (Å²) in [6, 6.07) is 0. The molecule has 0 saturated heterocycles. The Morgan fingerprint density at radius 2 is 1.93 bits per heavy atom. The van der Waals surface area contributed by atoms with E-state index < -0.39 is 0 Å². The van der Waals surface area contributed by atoms with Crippen LogP contribution in [0.5, 0.6) is 0 Å². The number of hydrogen-bond acceptors (Lipinski definition) is 3. The van der Waals surface area contributed by atoms with Gasteiger partial charge in [0.05, 0.1) is 0 Å². The second-order valence-corrected chi connectivity index (χ2v) is 5.98. The molecule has 0 atom stereocenters. The molecule has 2 N–H and O–H groups in total. The first-order chi connectivity index (χ1) is 7.05. The summed E-state index contributed by atoms with van der Waals surface area (Å²) in [4.78, 5) is 2.56. The Balaban J connectivity index is 3.91. The lowest BCUT2D eigenvalue weighted by Gasteiger charge is -2.31. The van der Waals surface area contributed by atoms with E-state index in [9.17, 15) is 0 Å². The topological polar surface area (TPSA) is 29.3 Å². The summed E-state index contributed by atoms with van der Waals surface area (Å²) in [5.74, 6) is 1.27. The Labute approximate surface area is 100.0 Å². The van der Waals surface area contributed by atoms with Gasteiger partial charge in [-0.3, -0.25) is 0 Å². The third-order valence-corrected chi connectivity index (χ3v) is 3.26. The van der Waals surface area contributed by atoms with Gasteiger partial charge >= 0.3 is 0 Å². The predicted molar refractivity (Wildman–Crippen MR) is 72.6 cm³/mol. The van der Waals surface area contributed by atoms with Crippen molar-refractivity contribution in [2.45, 2.75) is 33.6 Å². The average molecular weight is 232 g/mol. The molecule has 0 rings (SSSR count). The fourth-order valence-electron chi connectivity index (χ4n) is 1.69. The van der Waals surface area contributed by atoms with E-state index in [0.717, 1.165) is 13.1 Å². The van der Waals surface area contributed by atoms with Gasteiger partial charge in [0, 0.05) is 6.54 Å². The van der Waals surface area contributed by atoms with Crippen molar-refractivity contribution in [3.05, 3.63) is 0 Å². The molecule has 92 valence electrons. The van der Waals surface area contributed by atoms with Gasteiger partial charge in [-0.2, -0.15) is 11.8 Å². The summed E-state index contributed by atoms with van der Waals surface area (Å²) in [6.07, 6.45) is 4.70. The van der Waals surface area contributed by atoms with Crippen LogP contribution in [0.4, 0.5) is 0 Å². The van der Waals surface area contributed by atoms with E-state index >= 15 is 0 Å². The highest BCUT2D eigenvalue weighted by Crippen LogP contribution is 2.15. The molecule has 0 unspecified atom stereocenters. The van der Waals surface area contributed by atoms with Gasteiger partial charge in [0.25, 0.3) is 0 Å². The maximum atomic E-state index is 5.77. The van der Waals surface area contributed by atoms with Crippen molar-refractivity contribution < 1.29 is 0 Å². The highest BCUT2D eigenvalue weighted by atomic mass is 32.2. The first-order valence-corrected chi connectivity index (χ1v) is 7.36. The van der Waals surface area contributed by atoms with Crippen molar-refractivity contribution >= 4 is 11.8 Å². The van der Waals surface area contributed by atoms with Crippen molar-refractivity contribution in [1.29, 1.82) is 0 Å². The molecule has 0 aromatic rings. The molecule has 0 aromatic heterocycles. The zero-order chi connectivity index (χ0) is 11.7. The smallest absolute Gasteiger partial charge is 0.00448 e. The fraction of sp³-hybridized carbons (Fsp3) is 1.00. The minimum absolute atomic E-state index is 0.258. The second kappa shape index (κ2) is 8.43. The molecule has 0 radical (unpaired) electrons. The Hall–Kier alpha value is 0.270. The van der Waals surface area contributed by atoms with Gasteiger partial charge in [-0.1, -0.05) is 20.8 Å². The zero-order valence-electron chi connectivity index (χ0n) is 10.9. The number of thioether (sulfide) groups is 1. The molecule has 0 bridgehead atoms. The van der Waals surface area contributed by atoms with Crippen LogP contribution in [-0.4, -0.2) is 43.1 Å². The van der Waals surface area contributed by atoms with Gasteiger partial charge in [0.2, 0.25) is 0 Å². The Kier molecular flexibility index (Phi) is 8.58. The van der Waals surface area contributed by atoms with Gasteiger partial charge in [-0.25, -0.2) is 0 Å². The van der Waals surface area contributed by atoms with E-state index in [1.165, 1.54) is 31.7 Å². The van der Waals surface area contributed by atoms with Crippen LogP contribution < -0.4 is 5.73 Å². The summed E-state index contributed by atoms with van der Waals surface area (Å²) in [5.41, 5.74) is 6.03. The minimum atomic E-state index is 0.258. The van der Waals surface area contributed by atoms with Gasteiger partial charge in [-0.15, -0.1) is 0 Å². The lowest BCUT2D eigenvalue weighted by molar-refractivity contribution is 0.183. The summed E-state index contributed by atoms with van der Waals surface area (Å²) in [7, 11) is 0. The number of hydrogen-bond donors (Lipinski definition) is 1. The Morgan fingerprint density at radius 3 is 2.40 bits per heavy atom. The van der Waals surface area contributed by atoms with Crippen LogP contribution in [0.1, 0.15) is 33.6 Å². The monoisotopic (exact) mass is 232 g/mol. The third kappa shape index (κ3) is 8.12. The van der Waals surface area contributed by atoms with E-state index in [1.54, 1.807) is 0 Å². The standard InChI is InChI=1S/C12H28N2S/c1-5-7-14(8-6-9-15-4)11-12(2,3)10-13/h5-11,13H2,1-4H3. The maximum absolute atomic E-state index is 5.77. The minimum Gasteiger partial charge on any atom is -0.330 e. The van der Waals surface area contributed by atoms with Gasteiger partial charge in [0.1, 0.15) is 0 Å². The summed E-state index contributed by atoms with van der Waals surface area (Å²) in [6.45, 7) is 11.1. The lowest BCUT2D eigenvalue weighted by atomic mass is 9.93. The van der Waals surface area contributed by atoms with Crippen molar-refractivity contribution in [3.8, 4) is 0 Å². The van der Waals surface area contributed by atoms with Crippen LogP contribution in [0.15, 0.2) is 0 Å². The molecule has 0 spiro atoms. The quantitative estimate of drug-likeness (QED) is 0.619. The first kappa shape index (κ1) is 15.3. The van der Waals surface area contributed by atoms with E-state index in [-0.39, 0.29) is 5.41 Å². The van der Waals surface area contributed by atoms with E-state index in [1.807, 2.05) is 11.8 Å². The molecule has 0 fully saturated rings. The lowest BCUT2D eigenvalue weighted by Crippen LogP contribution is -2.39. The third-order valence-electron chi connectivity index (χ3n) is 2.57. The van der Waals surface area contributed by atoms with Crippen LogP contribution in [0, 0.1) is 5.41 Å². The number of nitrogens with two attached hydrogens (primary N) is 1. The molecule has 2 nitrogen and oxygen atoms in total. The molecule has 0 heterocycles. The molecule has 0 aromatic carbocycles. The first-order valence-electron chi connectivity index (χ1n) is 5.97. The highest BCUT2D eigenvalue weighted by Gasteiger charge is 2.19. The van der Waals surface area contributed by atoms with Crippen LogP contribution >= 0.6 is 11.8 Å². The molecule has 15 heavy (non-hydrogen) atoms. The fourth-order valence-corrected chi connectivity index (χ4v) is 2.11. The number of nitrogens with zero attached hydrogens (tertiary/aromatic N) is 1. The van der Waals surface area contributed by atoms with E-state index in [2.05, 4.69) is 31.9 Å². The summed E-state index contributed by atoms with van der Waals surface area (Å²) >= 11 is 1.93. The molecule has 0 aliphatic rings. The van der Waals surface area contributed by atoms with Crippen molar-refractivity contribution in [2.24, 2.45) is 11.1 Å². The predicted octanol–water partition coefficient (Wildman–Crippen LogP) is 2.44. The van der Waals surface area contributed by atoms with Crippen molar-refractivity contribution in [3.63, 3.8) is 0 Å². The second-order valence-electron chi connectivity index (χ2n) is 4.99. The van der Waals surface area contributed by atoms with Gasteiger partial charge in [-0.05, 0) is 49.9 Å². The molecular weight excluding hydrogens is 204 g/mol. The van der Waals surface area contributed by atoms with Crippen LogP contribution in [0.2, 0.25) is 0 Å². The molecule has 0 saturated carbocycles. The number of rotatable bonds is 9. The normalized spacial score (nSPS) is 12.4. The average Bonchev–Trinajstić information content (AvgIpc) is 2.18. The molecular formula is C12H28N2S. The Morgan fingerprint density at radius 1 is 1.27 bits per heavy atom. The zero-order valence-corrected chi connectivity index (χ0v) is 11.7. The highest BCUT2D eigenvalue weighted by molar-refractivity contribution is 7.98. The van der Waals surface area contributed by atoms with E-state index in [0.29, 0.717) is 0 Å². The Bertz CT molecular complexity index is 149. The van der Waals surface area contributed by atoms with Crippen LogP contribution in [0.3, 0.4) is 0 Å². The van der Waals surface area contributed by atoms with E-state index in [4.69, 9.17) is 5.73 Å². The van der Waals surface area contributed by atoms with Crippen LogP contribution in [0.25, 0.3) is 0 Å². The summed E-state index contributed by atoms with van der Waals surface area (Å²) in [5, 5.41) is 0. The summed E-state index contributed by atoms with van der Waals surface area (Å²) < 4.78 is 0. The maximum Gasteiger partial charge on any atom is 0.00448 e. The van der Waals surface area contributed by atoms with Gasteiger partial charge in [0.15, 0.2) is 0 Å². The molecule has 3 heteroatoms. The van der Waals surface area contributed by atoms with Crippen molar-refractivity contribution in [1.82, 2.24) is 4.90 Å². The van der Waals surface area contributed by atoms with Gasteiger partial charge < -0.3 is 10.6 Å². The molecule has 0 aliphatic heterocycles. The largest absolute Gasteiger partial charge is 0.330 e. The van der Waals surface area contributed by atoms with Crippen molar-refractivity contribution in [2.75, 3.05) is 38.2 Å². The SMILES string of the molecule is CCCN(CCCSC)CC(C)(C)CN.